The average molecular weight is 413 g/mol. The van der Waals surface area contributed by atoms with Gasteiger partial charge in [0.25, 0.3) is 0 Å². The highest BCUT2D eigenvalue weighted by molar-refractivity contribution is 5.78. The molecule has 3 atom stereocenters. The molecule has 0 N–H and O–H groups in total. The lowest BCUT2D eigenvalue weighted by Crippen LogP contribution is -2.58. The summed E-state index contributed by atoms with van der Waals surface area (Å²) < 4.78 is 11.2. The van der Waals surface area contributed by atoms with E-state index < -0.39 is 0 Å². The zero-order valence-corrected chi connectivity index (χ0v) is 18.3. The molecule has 0 aromatic heterocycles. The van der Waals surface area contributed by atoms with E-state index in [4.69, 9.17) is 9.47 Å². The molecule has 0 spiro atoms. The van der Waals surface area contributed by atoms with Gasteiger partial charge in [-0.2, -0.15) is 0 Å². The number of likely N-dealkylation sites (tertiary alicyclic amines) is 1. The van der Waals surface area contributed by atoms with Crippen LogP contribution in [0.25, 0.3) is 6.08 Å². The summed E-state index contributed by atoms with van der Waals surface area (Å²) in [6.07, 6.45) is 8.64. The standard InChI is InChI=1S/C25H36N2O3/c1-2-30-24(28)25-12-10-23(27-15-17-29-18-16-27)19-22(25)11-14-26(20-25)13-6-9-21-7-4-3-5-8-21/h3-9,22-23H,2,10-20H2,1H3/t22-,23+,25-/m1/s1. The predicted octanol–water partition coefficient (Wildman–Crippen LogP) is 3.46. The lowest BCUT2D eigenvalue weighted by Gasteiger charge is -2.52. The van der Waals surface area contributed by atoms with Gasteiger partial charge in [-0.25, -0.2) is 0 Å². The third-order valence-corrected chi connectivity index (χ3v) is 7.28. The summed E-state index contributed by atoms with van der Waals surface area (Å²) in [6.45, 7) is 8.89. The normalized spacial score (nSPS) is 30.8. The third-order valence-electron chi connectivity index (χ3n) is 7.28. The molecule has 5 nitrogen and oxygen atoms in total. The lowest BCUT2D eigenvalue weighted by molar-refractivity contribution is -0.169. The Balaban J connectivity index is 1.42. The summed E-state index contributed by atoms with van der Waals surface area (Å²) in [6, 6.07) is 11.0. The first-order valence-corrected chi connectivity index (χ1v) is 11.6. The van der Waals surface area contributed by atoms with Gasteiger partial charge in [0.15, 0.2) is 0 Å². The number of hydrogen-bond donors (Lipinski definition) is 0. The van der Waals surface area contributed by atoms with Gasteiger partial charge >= 0.3 is 5.97 Å². The first-order chi connectivity index (χ1) is 14.7. The zero-order valence-electron chi connectivity index (χ0n) is 18.3. The van der Waals surface area contributed by atoms with Gasteiger partial charge in [-0.15, -0.1) is 0 Å². The quantitative estimate of drug-likeness (QED) is 0.670. The molecule has 2 heterocycles. The Labute approximate surface area is 181 Å². The van der Waals surface area contributed by atoms with Gasteiger partial charge in [0.1, 0.15) is 0 Å². The topological polar surface area (TPSA) is 42.0 Å². The predicted molar refractivity (Wildman–Crippen MR) is 119 cm³/mol. The summed E-state index contributed by atoms with van der Waals surface area (Å²) in [5.74, 6) is 0.458. The average Bonchev–Trinajstić information content (AvgIpc) is 2.80. The van der Waals surface area contributed by atoms with Gasteiger partial charge in [-0.1, -0.05) is 42.5 Å². The Hall–Kier alpha value is -1.69. The molecule has 3 fully saturated rings. The minimum absolute atomic E-state index is 0.0344. The number of rotatable bonds is 6. The number of fused-ring (bicyclic) bond motifs is 1. The van der Waals surface area contributed by atoms with Crippen LogP contribution in [-0.4, -0.2) is 74.4 Å². The number of carbonyl (C=O) groups excluding carboxylic acids is 1. The second-order valence-electron chi connectivity index (χ2n) is 8.99. The summed E-state index contributed by atoms with van der Waals surface area (Å²) in [5, 5.41) is 0. The SMILES string of the molecule is CCOC(=O)[C@@]12CC[C@H](N3CCOCC3)C[C@H]1CCN(CC=Cc1ccccc1)C2. The lowest BCUT2D eigenvalue weighted by atomic mass is 9.61. The van der Waals surface area contributed by atoms with Crippen LogP contribution in [0.15, 0.2) is 36.4 Å². The van der Waals surface area contributed by atoms with Crippen molar-refractivity contribution in [3.63, 3.8) is 0 Å². The van der Waals surface area contributed by atoms with E-state index in [-0.39, 0.29) is 11.4 Å². The van der Waals surface area contributed by atoms with E-state index in [1.165, 1.54) is 5.56 Å². The van der Waals surface area contributed by atoms with Crippen LogP contribution in [0.5, 0.6) is 0 Å². The van der Waals surface area contributed by atoms with Gasteiger partial charge in [0.2, 0.25) is 0 Å². The molecule has 30 heavy (non-hydrogen) atoms. The second-order valence-corrected chi connectivity index (χ2v) is 8.99. The smallest absolute Gasteiger partial charge is 0.313 e. The van der Waals surface area contributed by atoms with Crippen LogP contribution in [0.2, 0.25) is 0 Å². The van der Waals surface area contributed by atoms with Crippen molar-refractivity contribution in [2.24, 2.45) is 11.3 Å². The van der Waals surface area contributed by atoms with Crippen molar-refractivity contribution in [3.8, 4) is 0 Å². The minimum Gasteiger partial charge on any atom is -0.466 e. The van der Waals surface area contributed by atoms with E-state index in [0.29, 0.717) is 18.6 Å². The van der Waals surface area contributed by atoms with Crippen molar-refractivity contribution < 1.29 is 14.3 Å². The van der Waals surface area contributed by atoms with E-state index in [1.807, 2.05) is 13.0 Å². The highest BCUT2D eigenvalue weighted by atomic mass is 16.5. The zero-order chi connectivity index (χ0) is 20.8. The molecule has 1 aromatic carbocycles. The maximum absolute atomic E-state index is 13.2. The Kier molecular flexibility index (Phi) is 7.24. The van der Waals surface area contributed by atoms with Crippen molar-refractivity contribution >= 4 is 12.0 Å². The van der Waals surface area contributed by atoms with Crippen molar-refractivity contribution in [1.29, 1.82) is 0 Å². The van der Waals surface area contributed by atoms with Crippen molar-refractivity contribution in [3.05, 3.63) is 42.0 Å². The number of benzene rings is 1. The second kappa shape index (κ2) is 10.1. The third kappa shape index (κ3) is 4.79. The number of ether oxygens (including phenoxy) is 2. The van der Waals surface area contributed by atoms with Crippen molar-refractivity contribution in [2.75, 3.05) is 52.5 Å². The molecule has 0 radical (unpaired) electrons. The van der Waals surface area contributed by atoms with Gasteiger partial charge in [0.05, 0.1) is 25.2 Å². The molecule has 1 aromatic rings. The van der Waals surface area contributed by atoms with E-state index in [1.54, 1.807) is 0 Å². The summed E-state index contributed by atoms with van der Waals surface area (Å²) in [5.41, 5.74) is 0.885. The molecule has 1 aliphatic carbocycles. The van der Waals surface area contributed by atoms with Crippen LogP contribution in [0.1, 0.15) is 38.2 Å². The minimum atomic E-state index is -0.336. The van der Waals surface area contributed by atoms with Crippen molar-refractivity contribution in [1.82, 2.24) is 9.80 Å². The van der Waals surface area contributed by atoms with E-state index >= 15 is 0 Å². The molecule has 1 saturated carbocycles. The number of piperidine rings is 1. The van der Waals surface area contributed by atoms with Crippen LogP contribution in [0.4, 0.5) is 0 Å². The molecular weight excluding hydrogens is 376 g/mol. The molecule has 2 aliphatic heterocycles. The first-order valence-electron chi connectivity index (χ1n) is 11.6. The van der Waals surface area contributed by atoms with Crippen LogP contribution in [0, 0.1) is 11.3 Å². The highest BCUT2D eigenvalue weighted by Gasteiger charge is 2.53. The van der Waals surface area contributed by atoms with Crippen molar-refractivity contribution in [2.45, 2.75) is 38.6 Å². The molecule has 3 aliphatic rings. The number of esters is 1. The van der Waals surface area contributed by atoms with E-state index in [0.717, 1.165) is 71.6 Å². The summed E-state index contributed by atoms with van der Waals surface area (Å²) in [4.78, 5) is 18.2. The maximum Gasteiger partial charge on any atom is 0.313 e. The number of nitrogens with zero attached hydrogens (tertiary/aromatic N) is 2. The van der Waals surface area contributed by atoms with Crippen LogP contribution in [-0.2, 0) is 14.3 Å². The van der Waals surface area contributed by atoms with Gasteiger partial charge in [-0.3, -0.25) is 14.6 Å². The Morgan fingerprint density at radius 1 is 1.20 bits per heavy atom. The van der Waals surface area contributed by atoms with Gasteiger partial charge < -0.3 is 9.47 Å². The molecule has 2 saturated heterocycles. The first kappa shape index (κ1) is 21.5. The number of morpholine rings is 1. The number of carbonyl (C=O) groups is 1. The molecular formula is C25H36N2O3. The maximum atomic E-state index is 13.2. The summed E-state index contributed by atoms with van der Waals surface area (Å²) in [7, 11) is 0. The van der Waals surface area contributed by atoms with Crippen LogP contribution < -0.4 is 0 Å². The van der Waals surface area contributed by atoms with E-state index in [2.05, 4.69) is 46.2 Å². The van der Waals surface area contributed by atoms with Gasteiger partial charge in [0, 0.05) is 32.2 Å². The fourth-order valence-electron chi connectivity index (χ4n) is 5.66. The fraction of sp³-hybridized carbons (Fsp3) is 0.640. The molecule has 5 heteroatoms. The monoisotopic (exact) mass is 412 g/mol. The van der Waals surface area contributed by atoms with Gasteiger partial charge in [-0.05, 0) is 50.6 Å². The Bertz CT molecular complexity index is 716. The van der Waals surface area contributed by atoms with Crippen LogP contribution in [0.3, 0.4) is 0 Å². The van der Waals surface area contributed by atoms with E-state index in [9.17, 15) is 4.79 Å². The molecule has 0 amide bonds. The Morgan fingerprint density at radius 2 is 2.00 bits per heavy atom. The largest absolute Gasteiger partial charge is 0.466 e. The Morgan fingerprint density at radius 3 is 2.77 bits per heavy atom. The molecule has 0 unspecified atom stereocenters. The summed E-state index contributed by atoms with van der Waals surface area (Å²) >= 11 is 0. The van der Waals surface area contributed by atoms with Crippen LogP contribution >= 0.6 is 0 Å². The molecule has 0 bridgehead atoms. The number of hydrogen-bond acceptors (Lipinski definition) is 5. The molecule has 4 rings (SSSR count). The molecule has 164 valence electrons. The fourth-order valence-corrected chi connectivity index (χ4v) is 5.66. The highest BCUT2D eigenvalue weighted by Crippen LogP contribution is 2.48.